The molecule has 16 heavy (non-hydrogen) atoms. The SMILES string of the molecule is SCCCCCSc1ccc2c(c1)CCC2. The van der Waals surface area contributed by atoms with E-state index in [1.165, 1.54) is 49.2 Å². The topological polar surface area (TPSA) is 0 Å². The molecule has 0 amide bonds. The monoisotopic (exact) mass is 252 g/mol. The molecule has 0 fully saturated rings. The highest BCUT2D eigenvalue weighted by molar-refractivity contribution is 7.99. The van der Waals surface area contributed by atoms with Crippen LogP contribution in [0.3, 0.4) is 0 Å². The Balaban J connectivity index is 1.77. The Morgan fingerprint density at radius 3 is 2.81 bits per heavy atom. The fraction of sp³-hybridized carbons (Fsp3) is 0.571. The Morgan fingerprint density at radius 2 is 1.94 bits per heavy atom. The van der Waals surface area contributed by atoms with Crippen LogP contribution in [0.15, 0.2) is 23.1 Å². The molecule has 0 radical (unpaired) electrons. The summed E-state index contributed by atoms with van der Waals surface area (Å²) < 4.78 is 0. The van der Waals surface area contributed by atoms with Crippen molar-refractivity contribution in [3.63, 3.8) is 0 Å². The molecule has 0 nitrogen and oxygen atoms in total. The van der Waals surface area contributed by atoms with E-state index >= 15 is 0 Å². The Labute approximate surface area is 109 Å². The Hall–Kier alpha value is -0.0800. The zero-order chi connectivity index (χ0) is 11.2. The lowest BCUT2D eigenvalue weighted by Gasteiger charge is -2.04. The van der Waals surface area contributed by atoms with E-state index in [1.807, 2.05) is 11.8 Å². The molecule has 1 aromatic carbocycles. The van der Waals surface area contributed by atoms with Crippen LogP contribution in [0.5, 0.6) is 0 Å². The summed E-state index contributed by atoms with van der Waals surface area (Å²) in [5.41, 5.74) is 3.18. The first-order chi connectivity index (χ1) is 7.90. The minimum Gasteiger partial charge on any atom is -0.179 e. The second-order valence-electron chi connectivity index (χ2n) is 4.42. The summed E-state index contributed by atoms with van der Waals surface area (Å²) in [6, 6.07) is 7.04. The molecule has 1 aromatic rings. The van der Waals surface area contributed by atoms with E-state index in [-0.39, 0.29) is 0 Å². The Morgan fingerprint density at radius 1 is 1.06 bits per heavy atom. The maximum atomic E-state index is 4.23. The number of fused-ring (bicyclic) bond motifs is 1. The lowest BCUT2D eigenvalue weighted by Crippen LogP contribution is -1.85. The van der Waals surface area contributed by atoms with Gasteiger partial charge in [-0.05, 0) is 66.9 Å². The van der Waals surface area contributed by atoms with Crippen molar-refractivity contribution in [1.82, 2.24) is 0 Å². The van der Waals surface area contributed by atoms with E-state index in [0.29, 0.717) is 0 Å². The zero-order valence-corrected chi connectivity index (χ0v) is 11.5. The molecule has 0 unspecified atom stereocenters. The number of thioether (sulfide) groups is 1. The van der Waals surface area contributed by atoms with Crippen LogP contribution in [0.2, 0.25) is 0 Å². The van der Waals surface area contributed by atoms with Crippen molar-refractivity contribution in [1.29, 1.82) is 0 Å². The van der Waals surface area contributed by atoms with Gasteiger partial charge in [0.2, 0.25) is 0 Å². The molecule has 0 N–H and O–H groups in total. The third kappa shape index (κ3) is 3.46. The van der Waals surface area contributed by atoms with Crippen LogP contribution in [0.1, 0.15) is 36.8 Å². The average Bonchev–Trinajstić information content (AvgIpc) is 2.76. The average molecular weight is 252 g/mol. The van der Waals surface area contributed by atoms with E-state index in [0.717, 1.165) is 5.75 Å². The van der Waals surface area contributed by atoms with Gasteiger partial charge in [-0.2, -0.15) is 12.6 Å². The largest absolute Gasteiger partial charge is 0.179 e. The van der Waals surface area contributed by atoms with Crippen molar-refractivity contribution >= 4 is 24.4 Å². The fourth-order valence-electron chi connectivity index (χ4n) is 2.22. The molecule has 2 heteroatoms. The second kappa shape index (κ2) is 6.61. The molecule has 0 saturated heterocycles. The molecule has 0 bridgehead atoms. The summed E-state index contributed by atoms with van der Waals surface area (Å²) in [5, 5.41) is 0. The van der Waals surface area contributed by atoms with Gasteiger partial charge in [-0.25, -0.2) is 0 Å². The molecule has 0 spiro atoms. The van der Waals surface area contributed by atoms with Gasteiger partial charge in [-0.1, -0.05) is 12.5 Å². The first kappa shape index (κ1) is 12.4. The van der Waals surface area contributed by atoms with Gasteiger partial charge >= 0.3 is 0 Å². The van der Waals surface area contributed by atoms with E-state index in [1.54, 1.807) is 11.1 Å². The molecule has 0 aromatic heterocycles. The highest BCUT2D eigenvalue weighted by atomic mass is 32.2. The molecular weight excluding hydrogens is 232 g/mol. The van der Waals surface area contributed by atoms with Crippen molar-refractivity contribution < 1.29 is 0 Å². The number of aryl methyl sites for hydroxylation is 2. The first-order valence-electron chi connectivity index (χ1n) is 6.25. The number of rotatable bonds is 6. The van der Waals surface area contributed by atoms with Crippen LogP contribution in [-0.4, -0.2) is 11.5 Å². The van der Waals surface area contributed by atoms with Gasteiger partial charge < -0.3 is 0 Å². The van der Waals surface area contributed by atoms with Gasteiger partial charge in [0.05, 0.1) is 0 Å². The highest BCUT2D eigenvalue weighted by Gasteiger charge is 2.10. The normalized spacial score (nSPS) is 14.1. The summed E-state index contributed by atoms with van der Waals surface area (Å²) >= 11 is 6.24. The van der Waals surface area contributed by atoms with E-state index in [9.17, 15) is 0 Å². The number of benzene rings is 1. The fourth-order valence-corrected chi connectivity index (χ4v) is 3.42. The Bertz CT molecular complexity index is 334. The van der Waals surface area contributed by atoms with Crippen LogP contribution in [-0.2, 0) is 12.8 Å². The molecular formula is C14H20S2. The molecule has 0 atom stereocenters. The number of hydrogen-bond acceptors (Lipinski definition) is 2. The minimum atomic E-state index is 1.03. The van der Waals surface area contributed by atoms with Crippen molar-refractivity contribution in [2.75, 3.05) is 11.5 Å². The van der Waals surface area contributed by atoms with E-state index in [2.05, 4.69) is 30.8 Å². The van der Waals surface area contributed by atoms with Gasteiger partial charge in [0.25, 0.3) is 0 Å². The van der Waals surface area contributed by atoms with Crippen LogP contribution in [0, 0.1) is 0 Å². The van der Waals surface area contributed by atoms with Crippen molar-refractivity contribution in [2.45, 2.75) is 43.4 Å². The predicted octanol–water partition coefficient (Wildman–Crippen LogP) is 4.37. The predicted molar refractivity (Wildman–Crippen MR) is 76.9 cm³/mol. The van der Waals surface area contributed by atoms with Crippen molar-refractivity contribution in [3.05, 3.63) is 29.3 Å². The van der Waals surface area contributed by atoms with Gasteiger partial charge in [-0.3, -0.25) is 0 Å². The zero-order valence-electron chi connectivity index (χ0n) is 9.74. The lowest BCUT2D eigenvalue weighted by molar-refractivity contribution is 0.787. The van der Waals surface area contributed by atoms with Crippen LogP contribution < -0.4 is 0 Å². The summed E-state index contributed by atoms with van der Waals surface area (Å²) in [5.74, 6) is 2.29. The van der Waals surface area contributed by atoms with E-state index in [4.69, 9.17) is 0 Å². The molecule has 1 aliphatic carbocycles. The minimum absolute atomic E-state index is 1.03. The Kier molecular flexibility index (Phi) is 5.11. The molecule has 88 valence electrons. The van der Waals surface area contributed by atoms with Gasteiger partial charge in [-0.15, -0.1) is 11.8 Å². The summed E-state index contributed by atoms with van der Waals surface area (Å²) in [4.78, 5) is 1.46. The third-order valence-electron chi connectivity index (χ3n) is 3.14. The smallest absolute Gasteiger partial charge is 0.00748 e. The van der Waals surface area contributed by atoms with Crippen LogP contribution in [0.25, 0.3) is 0 Å². The van der Waals surface area contributed by atoms with Crippen LogP contribution in [0.4, 0.5) is 0 Å². The standard InChI is InChI=1S/C14H20S2/c15-9-2-1-3-10-16-14-8-7-12-5-4-6-13(12)11-14/h7-8,11,15H,1-6,9-10H2. The molecule has 0 saturated carbocycles. The van der Waals surface area contributed by atoms with Crippen molar-refractivity contribution in [3.8, 4) is 0 Å². The number of unbranched alkanes of at least 4 members (excludes halogenated alkanes) is 2. The second-order valence-corrected chi connectivity index (χ2v) is 6.03. The summed E-state index contributed by atoms with van der Waals surface area (Å²) in [7, 11) is 0. The molecule has 2 rings (SSSR count). The first-order valence-corrected chi connectivity index (χ1v) is 7.87. The lowest BCUT2D eigenvalue weighted by atomic mass is 10.1. The van der Waals surface area contributed by atoms with E-state index < -0.39 is 0 Å². The van der Waals surface area contributed by atoms with Crippen LogP contribution >= 0.6 is 24.4 Å². The quantitative estimate of drug-likeness (QED) is 0.446. The number of hydrogen-bond donors (Lipinski definition) is 1. The maximum absolute atomic E-state index is 4.23. The summed E-state index contributed by atoms with van der Waals surface area (Å²) in [6.45, 7) is 0. The maximum Gasteiger partial charge on any atom is 0.00748 e. The van der Waals surface area contributed by atoms with Gasteiger partial charge in [0.1, 0.15) is 0 Å². The summed E-state index contributed by atoms with van der Waals surface area (Å²) in [6.07, 6.45) is 7.84. The molecule has 0 heterocycles. The third-order valence-corrected chi connectivity index (χ3v) is 4.54. The number of thiol groups is 1. The molecule has 0 aliphatic heterocycles. The molecule has 1 aliphatic rings. The van der Waals surface area contributed by atoms with Gasteiger partial charge in [0.15, 0.2) is 0 Å². The van der Waals surface area contributed by atoms with Crippen molar-refractivity contribution in [2.24, 2.45) is 0 Å². The highest BCUT2D eigenvalue weighted by Crippen LogP contribution is 2.28. The van der Waals surface area contributed by atoms with Gasteiger partial charge in [0, 0.05) is 4.90 Å².